The lowest BCUT2D eigenvalue weighted by Gasteiger charge is -2.09. The molecule has 0 aliphatic carbocycles. The second-order valence-corrected chi connectivity index (χ2v) is 6.32. The number of hydrogen-bond donors (Lipinski definition) is 1. The van der Waals surface area contributed by atoms with Crippen LogP contribution in [-0.4, -0.2) is 21.6 Å². The molecule has 0 fully saturated rings. The van der Waals surface area contributed by atoms with Gasteiger partial charge in [0.15, 0.2) is 5.75 Å². The summed E-state index contributed by atoms with van der Waals surface area (Å²) in [6.45, 7) is 2.92. The highest BCUT2D eigenvalue weighted by molar-refractivity contribution is 6.37. The van der Waals surface area contributed by atoms with Gasteiger partial charge in [-0.1, -0.05) is 23.2 Å². The summed E-state index contributed by atoms with van der Waals surface area (Å²) in [5.41, 5.74) is 1.17. The third kappa shape index (κ3) is 3.08. The van der Waals surface area contributed by atoms with Crippen LogP contribution < -0.4 is 4.74 Å². The number of benzene rings is 2. The number of nitrogens with zero attached hydrogens (tertiary/aromatic N) is 1. The number of carbonyl (C=O) groups is 2. The molecule has 25 heavy (non-hydrogen) atoms. The normalized spacial score (nSPS) is 10.9. The number of rotatable bonds is 2. The molecule has 128 valence electrons. The van der Waals surface area contributed by atoms with Gasteiger partial charge in [-0.05, 0) is 43.3 Å². The van der Waals surface area contributed by atoms with Crippen LogP contribution >= 0.6 is 23.2 Å². The molecule has 0 radical (unpaired) electrons. The SMILES string of the molecule is CC(=O)Oc1c(C)n(C(=O)c2ccc(Cl)cc2Cl)c2ccc(O)cc12. The van der Waals surface area contributed by atoms with Crippen LogP contribution in [0, 0.1) is 6.92 Å². The molecule has 0 saturated heterocycles. The molecule has 3 aromatic rings. The molecule has 0 atom stereocenters. The lowest BCUT2D eigenvalue weighted by atomic mass is 10.2. The molecular weight excluding hydrogens is 365 g/mol. The van der Waals surface area contributed by atoms with Crippen LogP contribution in [0.2, 0.25) is 10.0 Å². The van der Waals surface area contributed by atoms with E-state index in [4.69, 9.17) is 27.9 Å². The third-order valence-corrected chi connectivity index (χ3v) is 4.29. The van der Waals surface area contributed by atoms with Crippen molar-refractivity contribution in [2.24, 2.45) is 0 Å². The van der Waals surface area contributed by atoms with E-state index in [0.29, 0.717) is 21.6 Å². The van der Waals surface area contributed by atoms with E-state index in [9.17, 15) is 14.7 Å². The molecular formula is C18H13Cl2NO4. The number of ether oxygens (including phenoxy) is 1. The Morgan fingerprint density at radius 1 is 1.12 bits per heavy atom. The summed E-state index contributed by atoms with van der Waals surface area (Å²) in [4.78, 5) is 24.4. The van der Waals surface area contributed by atoms with Gasteiger partial charge >= 0.3 is 5.97 Å². The molecule has 0 unspecified atom stereocenters. The highest BCUT2D eigenvalue weighted by Gasteiger charge is 2.23. The lowest BCUT2D eigenvalue weighted by molar-refractivity contribution is -0.131. The van der Waals surface area contributed by atoms with Gasteiger partial charge in [0.1, 0.15) is 5.75 Å². The van der Waals surface area contributed by atoms with E-state index in [1.165, 1.54) is 35.8 Å². The first-order valence-electron chi connectivity index (χ1n) is 7.31. The summed E-state index contributed by atoms with van der Waals surface area (Å²) in [5.74, 6) is -0.706. The summed E-state index contributed by atoms with van der Waals surface area (Å²) in [6, 6.07) is 9.05. The summed E-state index contributed by atoms with van der Waals surface area (Å²) in [6.07, 6.45) is 0. The number of halogens is 2. The zero-order chi connectivity index (χ0) is 18.3. The van der Waals surface area contributed by atoms with Gasteiger partial charge in [0.05, 0.1) is 21.8 Å². The van der Waals surface area contributed by atoms with Crippen LogP contribution in [0.25, 0.3) is 10.9 Å². The van der Waals surface area contributed by atoms with Crippen molar-refractivity contribution in [2.45, 2.75) is 13.8 Å². The van der Waals surface area contributed by atoms with Crippen molar-refractivity contribution < 1.29 is 19.4 Å². The first kappa shape index (κ1) is 17.3. The smallest absolute Gasteiger partial charge is 0.308 e. The zero-order valence-corrected chi connectivity index (χ0v) is 14.9. The van der Waals surface area contributed by atoms with Gasteiger partial charge in [-0.3, -0.25) is 14.2 Å². The number of carbonyl (C=O) groups excluding carboxylic acids is 2. The Balaban J connectivity index is 2.27. The summed E-state index contributed by atoms with van der Waals surface area (Å²) < 4.78 is 6.64. The van der Waals surface area contributed by atoms with Crippen molar-refractivity contribution in [1.82, 2.24) is 4.57 Å². The fourth-order valence-corrected chi connectivity index (χ4v) is 3.18. The molecule has 1 N–H and O–H groups in total. The summed E-state index contributed by atoms with van der Waals surface area (Å²) >= 11 is 12.0. The third-order valence-electron chi connectivity index (χ3n) is 3.74. The van der Waals surface area contributed by atoms with E-state index in [-0.39, 0.29) is 22.1 Å². The lowest BCUT2D eigenvalue weighted by Crippen LogP contribution is -2.14. The average Bonchev–Trinajstić information content (AvgIpc) is 2.78. The maximum atomic E-state index is 13.0. The van der Waals surface area contributed by atoms with Crippen molar-refractivity contribution >= 4 is 46.0 Å². The van der Waals surface area contributed by atoms with E-state index in [2.05, 4.69) is 0 Å². The number of aromatic nitrogens is 1. The fourth-order valence-electron chi connectivity index (χ4n) is 2.70. The molecule has 0 spiro atoms. The van der Waals surface area contributed by atoms with Crippen LogP contribution in [-0.2, 0) is 4.79 Å². The van der Waals surface area contributed by atoms with Crippen LogP contribution in [0.3, 0.4) is 0 Å². The van der Waals surface area contributed by atoms with Crippen molar-refractivity contribution in [3.8, 4) is 11.5 Å². The minimum Gasteiger partial charge on any atom is -0.508 e. The Labute approximate surface area is 153 Å². The fraction of sp³-hybridized carbons (Fsp3) is 0.111. The number of esters is 1. The Morgan fingerprint density at radius 2 is 1.84 bits per heavy atom. The minimum atomic E-state index is -0.525. The molecule has 0 saturated carbocycles. The summed E-state index contributed by atoms with van der Waals surface area (Å²) in [7, 11) is 0. The van der Waals surface area contributed by atoms with Gasteiger partial charge in [0, 0.05) is 17.3 Å². The minimum absolute atomic E-state index is 0.00461. The maximum Gasteiger partial charge on any atom is 0.308 e. The molecule has 0 aliphatic rings. The molecule has 3 rings (SSSR count). The number of aromatic hydroxyl groups is 1. The second kappa shape index (κ2) is 6.43. The topological polar surface area (TPSA) is 68.5 Å². The Hall–Kier alpha value is -2.50. The zero-order valence-electron chi connectivity index (χ0n) is 13.3. The van der Waals surface area contributed by atoms with Crippen LogP contribution in [0.15, 0.2) is 36.4 Å². The quantitative estimate of drug-likeness (QED) is 0.663. The number of phenolic OH excluding ortho intramolecular Hbond substituents is 1. The first-order chi connectivity index (χ1) is 11.8. The monoisotopic (exact) mass is 377 g/mol. The highest BCUT2D eigenvalue weighted by atomic mass is 35.5. The van der Waals surface area contributed by atoms with Gasteiger partial charge in [-0.15, -0.1) is 0 Å². The number of phenols is 1. The Kier molecular flexibility index (Phi) is 4.45. The van der Waals surface area contributed by atoms with Gasteiger partial charge in [-0.25, -0.2) is 0 Å². The maximum absolute atomic E-state index is 13.0. The van der Waals surface area contributed by atoms with E-state index < -0.39 is 11.9 Å². The van der Waals surface area contributed by atoms with E-state index in [0.717, 1.165) is 0 Å². The van der Waals surface area contributed by atoms with Crippen LogP contribution in [0.4, 0.5) is 0 Å². The Morgan fingerprint density at radius 3 is 2.48 bits per heavy atom. The van der Waals surface area contributed by atoms with Gasteiger partial charge in [0.25, 0.3) is 5.91 Å². The molecule has 2 aromatic carbocycles. The molecule has 1 aromatic heterocycles. The van der Waals surface area contributed by atoms with E-state index >= 15 is 0 Å². The molecule has 1 heterocycles. The van der Waals surface area contributed by atoms with Gasteiger partial charge < -0.3 is 9.84 Å². The van der Waals surface area contributed by atoms with Crippen molar-refractivity contribution in [3.05, 3.63) is 57.7 Å². The predicted octanol–water partition coefficient (Wildman–Crippen LogP) is 4.58. The summed E-state index contributed by atoms with van der Waals surface area (Å²) in [5, 5.41) is 10.8. The van der Waals surface area contributed by atoms with Crippen molar-refractivity contribution in [2.75, 3.05) is 0 Å². The van der Waals surface area contributed by atoms with Crippen molar-refractivity contribution in [3.63, 3.8) is 0 Å². The standard InChI is InChI=1S/C18H13Cl2NO4/c1-9-17(25-10(2)22)14-8-12(23)4-6-16(14)21(9)18(24)13-5-3-11(19)7-15(13)20/h3-8,23H,1-2H3. The molecule has 0 aliphatic heterocycles. The average molecular weight is 378 g/mol. The molecule has 5 nitrogen and oxygen atoms in total. The van der Waals surface area contributed by atoms with Gasteiger partial charge in [-0.2, -0.15) is 0 Å². The van der Waals surface area contributed by atoms with Crippen LogP contribution in [0.5, 0.6) is 11.5 Å². The van der Waals surface area contributed by atoms with Gasteiger partial charge in [0.2, 0.25) is 0 Å². The molecule has 7 heteroatoms. The van der Waals surface area contributed by atoms with Crippen LogP contribution in [0.1, 0.15) is 23.0 Å². The largest absolute Gasteiger partial charge is 0.508 e. The Bertz CT molecular complexity index is 1020. The highest BCUT2D eigenvalue weighted by Crippen LogP contribution is 2.36. The first-order valence-corrected chi connectivity index (χ1v) is 8.07. The molecule has 0 amide bonds. The number of fused-ring (bicyclic) bond motifs is 1. The predicted molar refractivity (Wildman–Crippen MR) is 95.8 cm³/mol. The van der Waals surface area contributed by atoms with E-state index in [1.54, 1.807) is 19.1 Å². The van der Waals surface area contributed by atoms with Crippen molar-refractivity contribution in [1.29, 1.82) is 0 Å². The van der Waals surface area contributed by atoms with E-state index in [1.807, 2.05) is 0 Å². The second-order valence-electron chi connectivity index (χ2n) is 5.47. The molecule has 0 bridgehead atoms. The number of hydrogen-bond acceptors (Lipinski definition) is 4.